The van der Waals surface area contributed by atoms with Crippen LogP contribution in [0.5, 0.6) is 0 Å². The zero-order valence-corrected chi connectivity index (χ0v) is 11.4. The van der Waals surface area contributed by atoms with Gasteiger partial charge in [0.15, 0.2) is 0 Å². The number of halogens is 1. The number of hydrogen-bond acceptors (Lipinski definition) is 2. The van der Waals surface area contributed by atoms with E-state index in [-0.39, 0.29) is 5.54 Å². The summed E-state index contributed by atoms with van der Waals surface area (Å²) >= 11 is 3.26. The van der Waals surface area contributed by atoms with E-state index in [4.69, 9.17) is 0 Å². The Balaban J connectivity index is 2.29. The quantitative estimate of drug-likeness (QED) is 0.933. The van der Waals surface area contributed by atoms with Crippen molar-refractivity contribution in [1.29, 1.82) is 0 Å². The van der Waals surface area contributed by atoms with Gasteiger partial charge in [0.05, 0.1) is 4.90 Å². The van der Waals surface area contributed by atoms with Crippen LogP contribution in [-0.2, 0) is 10.0 Å². The lowest BCUT2D eigenvalue weighted by Gasteiger charge is -2.38. The highest BCUT2D eigenvalue weighted by Crippen LogP contribution is 2.33. The molecule has 1 N–H and O–H groups in total. The van der Waals surface area contributed by atoms with Crippen LogP contribution < -0.4 is 4.72 Å². The largest absolute Gasteiger partial charge is 0.242 e. The molecular weight excluding hydrogens is 290 g/mol. The zero-order valence-electron chi connectivity index (χ0n) is 9.03. The van der Waals surface area contributed by atoms with Crippen molar-refractivity contribution in [3.05, 3.63) is 28.7 Å². The van der Waals surface area contributed by atoms with Crippen LogP contribution in [0.15, 0.2) is 33.6 Å². The van der Waals surface area contributed by atoms with Crippen molar-refractivity contribution in [3.8, 4) is 0 Å². The highest BCUT2D eigenvalue weighted by atomic mass is 79.9. The molecule has 88 valence electrons. The lowest BCUT2D eigenvalue weighted by Crippen LogP contribution is -2.50. The molecule has 1 aliphatic rings. The predicted molar refractivity (Wildman–Crippen MR) is 66.7 cm³/mol. The summed E-state index contributed by atoms with van der Waals surface area (Å²) in [4.78, 5) is 0.308. The second-order valence-electron chi connectivity index (χ2n) is 4.45. The van der Waals surface area contributed by atoms with E-state index in [0.29, 0.717) is 9.37 Å². The Kier molecular flexibility index (Phi) is 3.11. The highest BCUT2D eigenvalue weighted by molar-refractivity contribution is 9.10. The Morgan fingerprint density at radius 3 is 2.44 bits per heavy atom. The molecule has 0 amide bonds. The summed E-state index contributed by atoms with van der Waals surface area (Å²) in [6.07, 6.45) is 2.92. The number of hydrogen-bond donors (Lipinski definition) is 1. The second-order valence-corrected chi connectivity index (χ2v) is 6.96. The monoisotopic (exact) mass is 303 g/mol. The average Bonchev–Trinajstić information content (AvgIpc) is 2.15. The maximum absolute atomic E-state index is 12.1. The van der Waals surface area contributed by atoms with Gasteiger partial charge in [0.2, 0.25) is 10.0 Å². The Hall–Kier alpha value is -0.390. The van der Waals surface area contributed by atoms with Gasteiger partial charge in [-0.1, -0.05) is 12.1 Å². The molecule has 1 aromatic rings. The summed E-state index contributed by atoms with van der Waals surface area (Å²) in [5, 5.41) is 0. The van der Waals surface area contributed by atoms with Gasteiger partial charge in [-0.15, -0.1) is 0 Å². The molecule has 1 saturated carbocycles. The van der Waals surface area contributed by atoms with Crippen LogP contribution >= 0.6 is 15.9 Å². The van der Waals surface area contributed by atoms with Crippen LogP contribution in [-0.4, -0.2) is 14.0 Å². The minimum Gasteiger partial charge on any atom is -0.207 e. The first-order valence-corrected chi connectivity index (χ1v) is 7.49. The third-order valence-electron chi connectivity index (χ3n) is 2.96. The van der Waals surface area contributed by atoms with Crippen LogP contribution in [0.3, 0.4) is 0 Å². The molecule has 3 nitrogen and oxygen atoms in total. The summed E-state index contributed by atoms with van der Waals surface area (Å²) in [5.74, 6) is 0. The van der Waals surface area contributed by atoms with Crippen molar-refractivity contribution < 1.29 is 8.42 Å². The smallest absolute Gasteiger partial charge is 0.207 e. The molecule has 0 bridgehead atoms. The molecule has 1 aliphatic carbocycles. The minimum absolute atomic E-state index is 0.256. The fourth-order valence-corrected chi connectivity index (χ4v) is 4.32. The van der Waals surface area contributed by atoms with Crippen molar-refractivity contribution in [2.24, 2.45) is 0 Å². The SMILES string of the molecule is CC1(NS(=O)(=O)c2ccccc2Br)CCC1. The third kappa shape index (κ3) is 2.31. The van der Waals surface area contributed by atoms with Gasteiger partial charge in [-0.25, -0.2) is 13.1 Å². The van der Waals surface area contributed by atoms with Crippen LogP contribution in [0.1, 0.15) is 26.2 Å². The molecule has 0 saturated heterocycles. The fourth-order valence-electron chi connectivity index (χ4n) is 1.85. The lowest BCUT2D eigenvalue weighted by molar-refractivity contribution is 0.248. The van der Waals surface area contributed by atoms with E-state index in [1.807, 2.05) is 6.92 Å². The van der Waals surface area contributed by atoms with Crippen LogP contribution in [0, 0.1) is 0 Å². The van der Waals surface area contributed by atoms with E-state index in [2.05, 4.69) is 20.7 Å². The molecule has 0 spiro atoms. The van der Waals surface area contributed by atoms with Crippen LogP contribution in [0.25, 0.3) is 0 Å². The molecule has 0 heterocycles. The number of rotatable bonds is 3. The first-order valence-electron chi connectivity index (χ1n) is 5.22. The number of nitrogens with one attached hydrogen (secondary N) is 1. The first-order chi connectivity index (χ1) is 7.43. The van der Waals surface area contributed by atoms with E-state index in [0.717, 1.165) is 19.3 Å². The van der Waals surface area contributed by atoms with Gasteiger partial charge in [0.1, 0.15) is 0 Å². The Bertz CT molecular complexity index is 494. The van der Waals surface area contributed by atoms with E-state index in [1.165, 1.54) is 0 Å². The fraction of sp³-hybridized carbons (Fsp3) is 0.455. The van der Waals surface area contributed by atoms with Gasteiger partial charge in [0.25, 0.3) is 0 Å². The molecular formula is C11H14BrNO2S. The predicted octanol–water partition coefficient (Wildman–Crippen LogP) is 2.67. The molecule has 0 atom stereocenters. The topological polar surface area (TPSA) is 46.2 Å². The molecule has 0 radical (unpaired) electrons. The number of sulfonamides is 1. The van der Waals surface area contributed by atoms with Crippen molar-refractivity contribution in [2.75, 3.05) is 0 Å². The van der Waals surface area contributed by atoms with E-state index >= 15 is 0 Å². The molecule has 0 unspecified atom stereocenters. The van der Waals surface area contributed by atoms with Crippen LogP contribution in [0.4, 0.5) is 0 Å². The van der Waals surface area contributed by atoms with Gasteiger partial charge >= 0.3 is 0 Å². The van der Waals surface area contributed by atoms with E-state index < -0.39 is 10.0 Å². The van der Waals surface area contributed by atoms with Gasteiger partial charge in [0, 0.05) is 10.0 Å². The number of benzene rings is 1. The summed E-state index contributed by atoms with van der Waals surface area (Å²) in [5.41, 5.74) is -0.256. The molecule has 5 heteroatoms. The first kappa shape index (κ1) is 12.1. The normalized spacial score (nSPS) is 19.1. The zero-order chi connectivity index (χ0) is 11.8. The Morgan fingerprint density at radius 2 is 1.94 bits per heavy atom. The molecule has 1 fully saturated rings. The van der Waals surface area contributed by atoms with E-state index in [1.54, 1.807) is 24.3 Å². The van der Waals surface area contributed by atoms with Gasteiger partial charge < -0.3 is 0 Å². The summed E-state index contributed by atoms with van der Waals surface area (Å²) in [7, 11) is -3.41. The van der Waals surface area contributed by atoms with Crippen molar-refractivity contribution >= 4 is 26.0 Å². The van der Waals surface area contributed by atoms with Gasteiger partial charge in [-0.3, -0.25) is 0 Å². The molecule has 16 heavy (non-hydrogen) atoms. The average molecular weight is 304 g/mol. The maximum atomic E-state index is 12.1. The van der Waals surface area contributed by atoms with Gasteiger partial charge in [-0.2, -0.15) is 0 Å². The Morgan fingerprint density at radius 1 is 1.31 bits per heavy atom. The molecule has 1 aromatic carbocycles. The molecule has 0 aliphatic heterocycles. The summed E-state index contributed by atoms with van der Waals surface area (Å²) < 4.78 is 27.6. The van der Waals surface area contributed by atoms with Gasteiger partial charge in [-0.05, 0) is 54.2 Å². The van der Waals surface area contributed by atoms with Crippen molar-refractivity contribution in [1.82, 2.24) is 4.72 Å². The van der Waals surface area contributed by atoms with E-state index in [9.17, 15) is 8.42 Å². The molecule has 2 rings (SSSR count). The summed E-state index contributed by atoms with van der Waals surface area (Å²) in [6, 6.07) is 6.86. The standard InChI is InChI=1S/C11H14BrNO2S/c1-11(7-4-8-11)13-16(14,15)10-6-3-2-5-9(10)12/h2-3,5-6,13H,4,7-8H2,1H3. The summed E-state index contributed by atoms with van der Waals surface area (Å²) in [6.45, 7) is 1.95. The van der Waals surface area contributed by atoms with Crippen molar-refractivity contribution in [3.63, 3.8) is 0 Å². The third-order valence-corrected chi connectivity index (χ3v) is 5.61. The maximum Gasteiger partial charge on any atom is 0.242 e. The Labute approximate surface area is 104 Å². The second kappa shape index (κ2) is 4.13. The van der Waals surface area contributed by atoms with Crippen molar-refractivity contribution in [2.45, 2.75) is 36.6 Å². The van der Waals surface area contributed by atoms with Crippen LogP contribution in [0.2, 0.25) is 0 Å². The lowest BCUT2D eigenvalue weighted by atomic mass is 9.80. The minimum atomic E-state index is -3.41. The highest BCUT2D eigenvalue weighted by Gasteiger charge is 2.36. The molecule has 0 aromatic heterocycles.